The van der Waals surface area contributed by atoms with E-state index < -0.39 is 0 Å². The highest BCUT2D eigenvalue weighted by Crippen LogP contribution is 2.22. The molecule has 1 N–H and O–H groups in total. The Hall–Kier alpha value is -1.20. The van der Waals surface area contributed by atoms with Crippen molar-refractivity contribution < 1.29 is 0 Å². The van der Waals surface area contributed by atoms with Gasteiger partial charge in [-0.1, -0.05) is 32.4 Å². The Morgan fingerprint density at radius 3 is 2.58 bits per heavy atom. The van der Waals surface area contributed by atoms with Gasteiger partial charge in [0.1, 0.15) is 21.8 Å². The summed E-state index contributed by atoms with van der Waals surface area (Å²) in [6.07, 6.45) is 0. The van der Waals surface area contributed by atoms with Gasteiger partial charge in [0.2, 0.25) is 0 Å². The van der Waals surface area contributed by atoms with E-state index >= 15 is 0 Å². The molecular formula is C13H17ClN4S. The summed E-state index contributed by atoms with van der Waals surface area (Å²) in [5.41, 5.74) is 0.914. The zero-order valence-corrected chi connectivity index (χ0v) is 13.1. The van der Waals surface area contributed by atoms with Crippen LogP contribution in [0.4, 0.5) is 5.82 Å². The van der Waals surface area contributed by atoms with Crippen LogP contribution in [-0.4, -0.2) is 15.0 Å². The standard InChI is InChI=1S/C13H17ClN4S/c1-8-7-19-11(16-8)6-15-10-5-9(14)17-12(18-10)13(2,3)4/h5,7H,6H2,1-4H3,(H,15,17,18). The minimum atomic E-state index is -0.126. The molecule has 0 aliphatic rings. The quantitative estimate of drug-likeness (QED) is 0.875. The van der Waals surface area contributed by atoms with Crippen molar-refractivity contribution in [1.82, 2.24) is 15.0 Å². The Labute approximate surface area is 122 Å². The number of nitrogens with one attached hydrogen (secondary N) is 1. The zero-order valence-electron chi connectivity index (χ0n) is 11.5. The summed E-state index contributed by atoms with van der Waals surface area (Å²) in [5.74, 6) is 1.47. The van der Waals surface area contributed by atoms with Crippen LogP contribution in [0.2, 0.25) is 5.15 Å². The summed E-state index contributed by atoms with van der Waals surface area (Å²) in [6, 6.07) is 1.73. The Kier molecular flexibility index (Phi) is 4.06. The number of hydrogen-bond donors (Lipinski definition) is 1. The van der Waals surface area contributed by atoms with E-state index in [1.165, 1.54) is 0 Å². The molecular weight excluding hydrogens is 280 g/mol. The number of thiazole rings is 1. The van der Waals surface area contributed by atoms with Crippen molar-refractivity contribution in [3.05, 3.63) is 33.1 Å². The van der Waals surface area contributed by atoms with Crippen LogP contribution in [0.15, 0.2) is 11.4 Å². The third-order valence-corrected chi connectivity index (χ3v) is 3.61. The molecule has 0 spiro atoms. The van der Waals surface area contributed by atoms with Crippen LogP contribution in [0.5, 0.6) is 0 Å². The maximum Gasteiger partial charge on any atom is 0.137 e. The summed E-state index contributed by atoms with van der Waals surface area (Å²) < 4.78 is 0. The Balaban J connectivity index is 2.14. The van der Waals surface area contributed by atoms with Crippen LogP contribution in [-0.2, 0) is 12.0 Å². The van der Waals surface area contributed by atoms with Crippen LogP contribution >= 0.6 is 22.9 Å². The van der Waals surface area contributed by atoms with Crippen LogP contribution in [0.25, 0.3) is 0 Å². The highest BCUT2D eigenvalue weighted by Gasteiger charge is 2.18. The number of halogens is 1. The number of aromatic nitrogens is 3. The molecule has 4 nitrogen and oxygen atoms in total. The van der Waals surface area contributed by atoms with E-state index in [9.17, 15) is 0 Å². The van der Waals surface area contributed by atoms with E-state index in [1.807, 2.05) is 12.3 Å². The first-order valence-electron chi connectivity index (χ1n) is 6.04. The van der Waals surface area contributed by atoms with E-state index in [-0.39, 0.29) is 5.41 Å². The number of rotatable bonds is 3. The summed E-state index contributed by atoms with van der Waals surface area (Å²) >= 11 is 7.67. The van der Waals surface area contributed by atoms with Gasteiger partial charge in [-0.2, -0.15) is 0 Å². The Morgan fingerprint density at radius 1 is 1.26 bits per heavy atom. The molecule has 0 radical (unpaired) electrons. The molecule has 19 heavy (non-hydrogen) atoms. The van der Waals surface area contributed by atoms with E-state index in [2.05, 4.69) is 41.0 Å². The van der Waals surface area contributed by atoms with Crippen molar-refractivity contribution in [2.24, 2.45) is 0 Å². The van der Waals surface area contributed by atoms with Gasteiger partial charge in [0.25, 0.3) is 0 Å². The fourth-order valence-electron chi connectivity index (χ4n) is 1.49. The number of anilines is 1. The first-order chi connectivity index (χ1) is 8.84. The lowest BCUT2D eigenvalue weighted by molar-refractivity contribution is 0.546. The zero-order chi connectivity index (χ0) is 14.0. The minimum Gasteiger partial charge on any atom is -0.363 e. The molecule has 0 amide bonds. The minimum absolute atomic E-state index is 0.126. The second kappa shape index (κ2) is 5.43. The Bertz CT molecular complexity index is 574. The van der Waals surface area contributed by atoms with Crippen molar-refractivity contribution in [2.75, 3.05) is 5.32 Å². The van der Waals surface area contributed by atoms with Gasteiger partial charge in [-0.3, -0.25) is 0 Å². The molecule has 0 fully saturated rings. The van der Waals surface area contributed by atoms with E-state index in [0.717, 1.165) is 22.3 Å². The monoisotopic (exact) mass is 296 g/mol. The molecule has 2 aromatic heterocycles. The predicted octanol–water partition coefficient (Wildman–Crippen LogP) is 3.80. The molecule has 2 rings (SSSR count). The normalized spacial score (nSPS) is 11.6. The van der Waals surface area contributed by atoms with Crippen LogP contribution < -0.4 is 5.32 Å². The van der Waals surface area contributed by atoms with Crippen LogP contribution in [0.3, 0.4) is 0 Å². The van der Waals surface area contributed by atoms with Gasteiger partial charge in [0, 0.05) is 22.6 Å². The second-order valence-corrected chi connectivity index (χ2v) is 6.72. The molecule has 102 valence electrons. The van der Waals surface area contributed by atoms with Gasteiger partial charge in [-0.05, 0) is 6.92 Å². The maximum absolute atomic E-state index is 6.04. The number of nitrogens with zero attached hydrogens (tertiary/aromatic N) is 3. The first kappa shape index (κ1) is 14.2. The molecule has 0 aromatic carbocycles. The summed E-state index contributed by atoms with van der Waals surface area (Å²) in [5, 5.41) is 6.76. The van der Waals surface area contributed by atoms with Crippen molar-refractivity contribution in [3.8, 4) is 0 Å². The van der Waals surface area contributed by atoms with Gasteiger partial charge in [0.05, 0.1) is 6.54 Å². The van der Waals surface area contributed by atoms with Gasteiger partial charge in [0.15, 0.2) is 0 Å². The van der Waals surface area contributed by atoms with Crippen LogP contribution in [0.1, 0.15) is 37.3 Å². The van der Waals surface area contributed by atoms with Gasteiger partial charge in [-0.15, -0.1) is 11.3 Å². The predicted molar refractivity (Wildman–Crippen MR) is 79.9 cm³/mol. The first-order valence-corrected chi connectivity index (χ1v) is 7.30. The number of aryl methyl sites for hydroxylation is 1. The van der Waals surface area contributed by atoms with Crippen molar-refractivity contribution in [3.63, 3.8) is 0 Å². The van der Waals surface area contributed by atoms with Crippen molar-refractivity contribution in [2.45, 2.75) is 39.7 Å². The highest BCUT2D eigenvalue weighted by atomic mass is 35.5. The summed E-state index contributed by atoms with van der Waals surface area (Å²) in [4.78, 5) is 13.2. The van der Waals surface area contributed by atoms with Crippen molar-refractivity contribution in [1.29, 1.82) is 0 Å². The molecule has 0 aliphatic carbocycles. The SMILES string of the molecule is Cc1csc(CNc2cc(Cl)nc(C(C)(C)C)n2)n1. The second-order valence-electron chi connectivity index (χ2n) is 5.39. The van der Waals surface area contributed by atoms with E-state index in [4.69, 9.17) is 11.6 Å². The molecule has 0 saturated carbocycles. The van der Waals surface area contributed by atoms with E-state index in [1.54, 1.807) is 17.4 Å². The lowest BCUT2D eigenvalue weighted by atomic mass is 9.96. The molecule has 0 saturated heterocycles. The van der Waals surface area contributed by atoms with Crippen molar-refractivity contribution >= 4 is 28.8 Å². The number of hydrogen-bond acceptors (Lipinski definition) is 5. The molecule has 2 heterocycles. The highest BCUT2D eigenvalue weighted by molar-refractivity contribution is 7.09. The molecule has 0 aliphatic heterocycles. The van der Waals surface area contributed by atoms with Gasteiger partial charge >= 0.3 is 0 Å². The molecule has 0 bridgehead atoms. The lowest BCUT2D eigenvalue weighted by Crippen LogP contribution is -2.17. The Morgan fingerprint density at radius 2 is 2.00 bits per heavy atom. The largest absolute Gasteiger partial charge is 0.363 e. The lowest BCUT2D eigenvalue weighted by Gasteiger charge is -2.17. The third-order valence-electron chi connectivity index (χ3n) is 2.45. The summed E-state index contributed by atoms with van der Waals surface area (Å²) in [7, 11) is 0. The average molecular weight is 297 g/mol. The molecule has 0 atom stereocenters. The van der Waals surface area contributed by atoms with Crippen LogP contribution in [0, 0.1) is 6.92 Å². The maximum atomic E-state index is 6.04. The third kappa shape index (κ3) is 3.88. The topological polar surface area (TPSA) is 50.7 Å². The average Bonchev–Trinajstić information content (AvgIpc) is 2.71. The van der Waals surface area contributed by atoms with E-state index in [0.29, 0.717) is 11.7 Å². The van der Waals surface area contributed by atoms with Gasteiger partial charge in [-0.25, -0.2) is 15.0 Å². The fourth-order valence-corrected chi connectivity index (χ4v) is 2.39. The summed E-state index contributed by atoms with van der Waals surface area (Å²) in [6.45, 7) is 8.82. The van der Waals surface area contributed by atoms with Gasteiger partial charge < -0.3 is 5.32 Å². The fraction of sp³-hybridized carbons (Fsp3) is 0.462. The molecule has 0 unspecified atom stereocenters. The molecule has 2 aromatic rings. The smallest absolute Gasteiger partial charge is 0.137 e. The molecule has 6 heteroatoms.